The number of rotatable bonds is 8. The highest BCUT2D eigenvalue weighted by Gasteiger charge is 2.35. The Morgan fingerprint density at radius 2 is 2.00 bits per heavy atom. The van der Waals surface area contributed by atoms with Crippen molar-refractivity contribution in [3.63, 3.8) is 0 Å². The van der Waals surface area contributed by atoms with E-state index in [-0.39, 0.29) is 36.8 Å². The minimum absolute atomic E-state index is 0.0329. The van der Waals surface area contributed by atoms with E-state index in [2.05, 4.69) is 0 Å². The molecular weight excluding hydrogens is 390 g/mol. The van der Waals surface area contributed by atoms with Crippen LogP contribution in [0, 0.1) is 5.41 Å². The number of hydrogen-bond acceptors (Lipinski definition) is 7. The summed E-state index contributed by atoms with van der Waals surface area (Å²) in [5, 5.41) is 7.44. The van der Waals surface area contributed by atoms with Crippen LogP contribution < -0.4 is 10.6 Å². The summed E-state index contributed by atoms with van der Waals surface area (Å²) in [5.74, 6) is -0.386. The first-order valence-corrected chi connectivity index (χ1v) is 9.95. The Labute approximate surface area is 175 Å². The average Bonchev–Trinajstić information content (AvgIpc) is 3.07. The summed E-state index contributed by atoms with van der Waals surface area (Å²) in [6.45, 7) is 4.68. The number of carbonyl (C=O) groups excluding carboxylic acids is 3. The van der Waals surface area contributed by atoms with Crippen molar-refractivity contribution in [1.82, 2.24) is 9.80 Å². The average molecular weight is 417 g/mol. The lowest BCUT2D eigenvalue weighted by Crippen LogP contribution is -2.52. The maximum absolute atomic E-state index is 12.4. The molecule has 2 aliphatic rings. The van der Waals surface area contributed by atoms with Gasteiger partial charge < -0.3 is 20.1 Å². The van der Waals surface area contributed by atoms with Crippen molar-refractivity contribution in [1.29, 1.82) is 5.41 Å². The molecule has 1 unspecified atom stereocenters. The second-order valence-electron chi connectivity index (χ2n) is 7.25. The molecule has 1 aromatic rings. The van der Waals surface area contributed by atoms with Crippen LogP contribution in [0.4, 0.5) is 10.5 Å². The summed E-state index contributed by atoms with van der Waals surface area (Å²) in [6.07, 6.45) is -0.587. The van der Waals surface area contributed by atoms with Crippen molar-refractivity contribution in [3.8, 4) is 0 Å². The van der Waals surface area contributed by atoms with Crippen LogP contribution in [0.25, 0.3) is 0 Å². The van der Waals surface area contributed by atoms with Crippen LogP contribution >= 0.6 is 0 Å². The van der Waals surface area contributed by atoms with E-state index >= 15 is 0 Å². The molecule has 0 radical (unpaired) electrons. The third-order valence-electron chi connectivity index (χ3n) is 5.11. The molecule has 3 N–H and O–H groups in total. The number of carbonyl (C=O) groups is 3. The Balaban J connectivity index is 1.48. The van der Waals surface area contributed by atoms with Crippen LogP contribution in [0.2, 0.25) is 0 Å². The van der Waals surface area contributed by atoms with Gasteiger partial charge in [-0.1, -0.05) is 0 Å². The fraction of sp³-hybridized carbons (Fsp3) is 0.500. The van der Waals surface area contributed by atoms with Crippen molar-refractivity contribution in [3.05, 3.63) is 29.8 Å². The van der Waals surface area contributed by atoms with Gasteiger partial charge in [-0.2, -0.15) is 0 Å². The van der Waals surface area contributed by atoms with Crippen molar-refractivity contribution in [2.24, 2.45) is 5.73 Å². The standard InChI is InChI=1S/C20H27N5O5/c1-2-29-18(27)7-8-24-10-9-23(13-17(24)26)11-16-12-25(20(28)30-16)15-5-3-14(4-6-15)19(21)22/h3-6,16H,2,7-13H2,1H3,(H3,21,22). The maximum atomic E-state index is 12.4. The zero-order valence-electron chi connectivity index (χ0n) is 17.0. The second-order valence-corrected chi connectivity index (χ2v) is 7.25. The van der Waals surface area contributed by atoms with Gasteiger partial charge in [0, 0.05) is 37.4 Å². The Morgan fingerprint density at radius 3 is 2.63 bits per heavy atom. The number of cyclic esters (lactones) is 1. The molecule has 1 aromatic carbocycles. The molecule has 10 nitrogen and oxygen atoms in total. The third-order valence-corrected chi connectivity index (χ3v) is 5.11. The topological polar surface area (TPSA) is 129 Å². The quantitative estimate of drug-likeness (QED) is 0.356. The van der Waals surface area contributed by atoms with Crippen LogP contribution in [0.5, 0.6) is 0 Å². The molecule has 2 saturated heterocycles. The number of nitrogen functional groups attached to an aromatic ring is 1. The van der Waals surface area contributed by atoms with E-state index in [0.29, 0.717) is 50.6 Å². The van der Waals surface area contributed by atoms with Crippen LogP contribution in [0.15, 0.2) is 24.3 Å². The van der Waals surface area contributed by atoms with Gasteiger partial charge in [0.05, 0.1) is 26.1 Å². The molecule has 10 heteroatoms. The molecule has 0 saturated carbocycles. The number of anilines is 1. The molecule has 0 bridgehead atoms. The monoisotopic (exact) mass is 417 g/mol. The first kappa shape index (κ1) is 21.6. The zero-order chi connectivity index (χ0) is 21.7. The molecule has 2 amide bonds. The molecule has 30 heavy (non-hydrogen) atoms. The molecule has 0 aliphatic carbocycles. The Hall–Kier alpha value is -3.14. The molecule has 3 rings (SSSR count). The molecule has 2 heterocycles. The number of nitrogens with two attached hydrogens (primary N) is 1. The van der Waals surface area contributed by atoms with Gasteiger partial charge in [-0.3, -0.25) is 24.8 Å². The van der Waals surface area contributed by atoms with Crippen LogP contribution in [0.3, 0.4) is 0 Å². The Morgan fingerprint density at radius 1 is 1.27 bits per heavy atom. The van der Waals surface area contributed by atoms with Crippen molar-refractivity contribution in [2.45, 2.75) is 19.4 Å². The van der Waals surface area contributed by atoms with Crippen LogP contribution in [-0.4, -0.2) is 85.6 Å². The van der Waals surface area contributed by atoms with Gasteiger partial charge >= 0.3 is 12.1 Å². The Bertz CT molecular complexity index is 812. The predicted molar refractivity (Wildman–Crippen MR) is 109 cm³/mol. The van der Waals surface area contributed by atoms with Gasteiger partial charge in [0.15, 0.2) is 0 Å². The highest BCUT2D eigenvalue weighted by molar-refractivity contribution is 5.96. The second kappa shape index (κ2) is 9.57. The van der Waals surface area contributed by atoms with E-state index in [1.54, 1.807) is 36.1 Å². The summed E-state index contributed by atoms with van der Waals surface area (Å²) >= 11 is 0. The van der Waals surface area contributed by atoms with Crippen molar-refractivity contribution in [2.75, 3.05) is 50.8 Å². The number of piperazine rings is 1. The van der Waals surface area contributed by atoms with E-state index in [4.69, 9.17) is 20.6 Å². The number of amides is 2. The van der Waals surface area contributed by atoms with Crippen LogP contribution in [0.1, 0.15) is 18.9 Å². The number of nitrogens with one attached hydrogen (secondary N) is 1. The van der Waals surface area contributed by atoms with E-state index in [1.807, 2.05) is 4.90 Å². The summed E-state index contributed by atoms with van der Waals surface area (Å²) in [4.78, 5) is 41.3. The molecule has 2 fully saturated rings. The summed E-state index contributed by atoms with van der Waals surface area (Å²) < 4.78 is 10.4. The fourth-order valence-corrected chi connectivity index (χ4v) is 3.55. The lowest BCUT2D eigenvalue weighted by atomic mass is 10.2. The van der Waals surface area contributed by atoms with Gasteiger partial charge in [-0.15, -0.1) is 0 Å². The zero-order valence-corrected chi connectivity index (χ0v) is 17.0. The van der Waals surface area contributed by atoms with Crippen molar-refractivity contribution >= 4 is 29.5 Å². The number of benzene rings is 1. The smallest absolute Gasteiger partial charge is 0.414 e. The van der Waals surface area contributed by atoms with Gasteiger partial charge in [-0.25, -0.2) is 4.79 Å². The molecule has 0 spiro atoms. The lowest BCUT2D eigenvalue weighted by Gasteiger charge is -2.34. The van der Waals surface area contributed by atoms with E-state index in [9.17, 15) is 14.4 Å². The minimum atomic E-state index is -0.435. The minimum Gasteiger partial charge on any atom is -0.466 e. The normalized spacial score (nSPS) is 19.7. The lowest BCUT2D eigenvalue weighted by molar-refractivity contribution is -0.144. The Kier molecular flexibility index (Phi) is 6.88. The number of hydrogen-bond donors (Lipinski definition) is 2. The van der Waals surface area contributed by atoms with Crippen LogP contribution in [-0.2, 0) is 19.1 Å². The largest absolute Gasteiger partial charge is 0.466 e. The van der Waals surface area contributed by atoms with Gasteiger partial charge in [0.2, 0.25) is 5.91 Å². The molecule has 1 atom stereocenters. The summed E-state index contributed by atoms with van der Waals surface area (Å²) in [5.41, 5.74) is 6.72. The molecule has 162 valence electrons. The molecule has 2 aliphatic heterocycles. The first-order chi connectivity index (χ1) is 14.4. The molecular formula is C20H27N5O5. The highest BCUT2D eigenvalue weighted by atomic mass is 16.6. The van der Waals surface area contributed by atoms with Gasteiger partial charge in [-0.05, 0) is 31.2 Å². The summed E-state index contributed by atoms with van der Waals surface area (Å²) in [6, 6.07) is 6.83. The van der Waals surface area contributed by atoms with Gasteiger partial charge in [0.1, 0.15) is 11.9 Å². The summed E-state index contributed by atoms with van der Waals surface area (Å²) in [7, 11) is 0. The van der Waals surface area contributed by atoms with Crippen molar-refractivity contribution < 1.29 is 23.9 Å². The molecule has 0 aromatic heterocycles. The van der Waals surface area contributed by atoms with Gasteiger partial charge in [0.25, 0.3) is 0 Å². The first-order valence-electron chi connectivity index (χ1n) is 9.95. The number of esters is 1. The highest BCUT2D eigenvalue weighted by Crippen LogP contribution is 2.23. The third kappa shape index (κ3) is 5.26. The SMILES string of the molecule is CCOC(=O)CCN1CCN(CC2CN(c3ccc(C(=N)N)cc3)C(=O)O2)CC1=O. The predicted octanol–water partition coefficient (Wildman–Crippen LogP) is 0.393. The van der Waals surface area contributed by atoms with E-state index in [0.717, 1.165) is 0 Å². The number of amidine groups is 1. The van der Waals surface area contributed by atoms with E-state index in [1.165, 1.54) is 4.90 Å². The maximum Gasteiger partial charge on any atom is 0.414 e. The van der Waals surface area contributed by atoms with E-state index < -0.39 is 6.09 Å². The number of nitrogens with zero attached hydrogens (tertiary/aromatic N) is 3. The number of ether oxygens (including phenoxy) is 2. The fourth-order valence-electron chi connectivity index (χ4n) is 3.55.